The molecule has 17 heavy (non-hydrogen) atoms. The molecule has 88 valence electrons. The Morgan fingerprint density at radius 2 is 2.00 bits per heavy atom. The van der Waals surface area contributed by atoms with Crippen LogP contribution in [-0.4, -0.2) is 23.1 Å². The lowest BCUT2D eigenvalue weighted by molar-refractivity contribution is 0.433. The lowest BCUT2D eigenvalue weighted by Gasteiger charge is -2.24. The van der Waals surface area contributed by atoms with Crippen LogP contribution in [0.15, 0.2) is 24.4 Å². The fraction of sp³-hybridized carbons (Fsp3) is 0.250. The van der Waals surface area contributed by atoms with Crippen LogP contribution < -0.4 is 5.32 Å². The second-order valence-electron chi connectivity index (χ2n) is 4.17. The summed E-state index contributed by atoms with van der Waals surface area (Å²) in [6, 6.07) is 3.83. The molecule has 0 radical (unpaired) electrons. The highest BCUT2D eigenvalue weighted by atomic mass is 19.2. The maximum absolute atomic E-state index is 13.1. The number of halogens is 2. The lowest BCUT2D eigenvalue weighted by atomic mass is 10.0. The zero-order valence-electron chi connectivity index (χ0n) is 9.00. The van der Waals surface area contributed by atoms with E-state index in [0.29, 0.717) is 17.2 Å². The van der Waals surface area contributed by atoms with Gasteiger partial charge in [0.05, 0.1) is 11.9 Å². The average Bonchev–Trinajstić information content (AvgIpc) is 2.69. The summed E-state index contributed by atoms with van der Waals surface area (Å²) in [7, 11) is 0. The topological polar surface area (TPSA) is 40.7 Å². The Labute approximate surface area is 96.9 Å². The quantitative estimate of drug-likeness (QED) is 0.836. The van der Waals surface area contributed by atoms with E-state index in [1.165, 1.54) is 12.1 Å². The van der Waals surface area contributed by atoms with E-state index in [-0.39, 0.29) is 0 Å². The molecule has 2 heterocycles. The number of benzene rings is 1. The van der Waals surface area contributed by atoms with Crippen LogP contribution in [0.25, 0.3) is 11.3 Å². The number of nitrogens with one attached hydrogen (secondary N) is 2. The van der Waals surface area contributed by atoms with Gasteiger partial charge >= 0.3 is 0 Å². The fourth-order valence-corrected chi connectivity index (χ4v) is 1.84. The molecule has 1 aromatic carbocycles. The number of H-pyrrole nitrogens is 1. The molecule has 1 aliphatic heterocycles. The zero-order chi connectivity index (χ0) is 11.8. The first-order valence-electron chi connectivity index (χ1n) is 5.45. The second-order valence-corrected chi connectivity index (χ2v) is 4.17. The summed E-state index contributed by atoms with van der Waals surface area (Å²) in [5.41, 5.74) is 1.32. The molecule has 0 spiro atoms. The predicted octanol–water partition coefficient (Wildman–Crippen LogP) is 2.04. The highest BCUT2D eigenvalue weighted by molar-refractivity contribution is 5.58. The van der Waals surface area contributed by atoms with Crippen LogP contribution in [0.2, 0.25) is 0 Å². The summed E-state index contributed by atoms with van der Waals surface area (Å²) < 4.78 is 25.9. The van der Waals surface area contributed by atoms with Gasteiger partial charge in [-0.2, -0.15) is 0 Å². The van der Waals surface area contributed by atoms with Crippen molar-refractivity contribution in [3.05, 3.63) is 41.9 Å². The molecule has 0 unspecified atom stereocenters. The highest BCUT2D eigenvalue weighted by Gasteiger charge is 2.21. The molecule has 1 fully saturated rings. The first kappa shape index (κ1) is 10.4. The van der Waals surface area contributed by atoms with E-state index < -0.39 is 11.6 Å². The number of hydrogen-bond donors (Lipinski definition) is 2. The number of aromatic amines is 1. The molecule has 1 aromatic heterocycles. The summed E-state index contributed by atoms with van der Waals surface area (Å²) in [5.74, 6) is -0.391. The van der Waals surface area contributed by atoms with Crippen LogP contribution in [0, 0.1) is 11.6 Å². The Morgan fingerprint density at radius 1 is 1.18 bits per heavy atom. The van der Waals surface area contributed by atoms with E-state index in [0.717, 1.165) is 25.0 Å². The standard InChI is InChI=1S/C12H11F2N3/c13-9-2-1-7(3-10(9)14)11-6-16-12(17-11)8-4-15-5-8/h1-3,6,8,15H,4-5H2,(H,16,17). The van der Waals surface area contributed by atoms with Gasteiger partial charge in [0, 0.05) is 24.6 Å². The molecule has 1 aliphatic rings. The van der Waals surface area contributed by atoms with Gasteiger partial charge in [0.2, 0.25) is 0 Å². The van der Waals surface area contributed by atoms with Crippen LogP contribution in [0.3, 0.4) is 0 Å². The molecule has 0 bridgehead atoms. The zero-order valence-corrected chi connectivity index (χ0v) is 9.00. The van der Waals surface area contributed by atoms with Crippen LogP contribution >= 0.6 is 0 Å². The first-order chi connectivity index (χ1) is 8.24. The molecule has 3 rings (SSSR count). The minimum atomic E-state index is -0.844. The summed E-state index contributed by atoms with van der Waals surface area (Å²) in [6.07, 6.45) is 1.65. The van der Waals surface area contributed by atoms with E-state index in [4.69, 9.17) is 0 Å². The minimum Gasteiger partial charge on any atom is -0.342 e. The van der Waals surface area contributed by atoms with E-state index >= 15 is 0 Å². The van der Waals surface area contributed by atoms with Crippen molar-refractivity contribution >= 4 is 0 Å². The van der Waals surface area contributed by atoms with Crippen LogP contribution in [0.1, 0.15) is 11.7 Å². The Morgan fingerprint density at radius 3 is 2.65 bits per heavy atom. The van der Waals surface area contributed by atoms with Crippen molar-refractivity contribution in [3.63, 3.8) is 0 Å². The smallest absolute Gasteiger partial charge is 0.159 e. The summed E-state index contributed by atoms with van der Waals surface area (Å²) in [5, 5.41) is 3.16. The van der Waals surface area contributed by atoms with Crippen molar-refractivity contribution in [1.29, 1.82) is 0 Å². The summed E-state index contributed by atoms with van der Waals surface area (Å²) in [6.45, 7) is 1.81. The molecule has 0 saturated carbocycles. The van der Waals surface area contributed by atoms with Crippen LogP contribution in [-0.2, 0) is 0 Å². The predicted molar refractivity (Wildman–Crippen MR) is 59.6 cm³/mol. The number of hydrogen-bond acceptors (Lipinski definition) is 2. The normalized spacial score (nSPS) is 15.9. The van der Waals surface area contributed by atoms with Gasteiger partial charge in [-0.1, -0.05) is 0 Å². The van der Waals surface area contributed by atoms with Crippen molar-refractivity contribution in [3.8, 4) is 11.3 Å². The molecule has 2 aromatic rings. The second kappa shape index (κ2) is 3.92. The van der Waals surface area contributed by atoms with Gasteiger partial charge in [-0.05, 0) is 18.2 Å². The molecule has 2 N–H and O–H groups in total. The van der Waals surface area contributed by atoms with Gasteiger partial charge in [0.1, 0.15) is 5.82 Å². The van der Waals surface area contributed by atoms with Gasteiger partial charge in [-0.15, -0.1) is 0 Å². The molecule has 5 heteroatoms. The molecular formula is C12H11F2N3. The summed E-state index contributed by atoms with van der Waals surface area (Å²) >= 11 is 0. The third kappa shape index (κ3) is 1.82. The highest BCUT2D eigenvalue weighted by Crippen LogP contribution is 2.23. The SMILES string of the molecule is Fc1ccc(-c2cnc(C3CNC3)[nH]2)cc1F. The van der Waals surface area contributed by atoms with Gasteiger partial charge in [-0.3, -0.25) is 0 Å². The van der Waals surface area contributed by atoms with Gasteiger partial charge in [0.25, 0.3) is 0 Å². The van der Waals surface area contributed by atoms with Crippen LogP contribution in [0.4, 0.5) is 8.78 Å². The Balaban J connectivity index is 1.92. The average molecular weight is 235 g/mol. The number of aromatic nitrogens is 2. The lowest BCUT2D eigenvalue weighted by Crippen LogP contribution is -2.40. The van der Waals surface area contributed by atoms with E-state index in [1.54, 1.807) is 6.20 Å². The molecule has 0 atom stereocenters. The van der Waals surface area contributed by atoms with Crippen molar-refractivity contribution in [2.75, 3.05) is 13.1 Å². The fourth-order valence-electron chi connectivity index (χ4n) is 1.84. The summed E-state index contributed by atoms with van der Waals surface area (Å²) in [4.78, 5) is 7.39. The molecular weight excluding hydrogens is 224 g/mol. The van der Waals surface area contributed by atoms with Gasteiger partial charge in [0.15, 0.2) is 11.6 Å². The third-order valence-corrected chi connectivity index (χ3v) is 2.99. The maximum Gasteiger partial charge on any atom is 0.159 e. The Bertz CT molecular complexity index is 546. The number of imidazole rings is 1. The Hall–Kier alpha value is -1.75. The molecule has 3 nitrogen and oxygen atoms in total. The monoisotopic (exact) mass is 235 g/mol. The molecule has 0 aliphatic carbocycles. The molecule has 1 saturated heterocycles. The van der Waals surface area contributed by atoms with Crippen molar-refractivity contribution in [1.82, 2.24) is 15.3 Å². The van der Waals surface area contributed by atoms with Gasteiger partial charge < -0.3 is 10.3 Å². The van der Waals surface area contributed by atoms with Crippen molar-refractivity contribution < 1.29 is 8.78 Å². The van der Waals surface area contributed by atoms with Crippen LogP contribution in [0.5, 0.6) is 0 Å². The number of rotatable bonds is 2. The van der Waals surface area contributed by atoms with E-state index in [1.807, 2.05) is 0 Å². The van der Waals surface area contributed by atoms with Gasteiger partial charge in [-0.25, -0.2) is 13.8 Å². The van der Waals surface area contributed by atoms with Crippen molar-refractivity contribution in [2.45, 2.75) is 5.92 Å². The maximum atomic E-state index is 13.1. The largest absolute Gasteiger partial charge is 0.342 e. The molecule has 0 amide bonds. The third-order valence-electron chi connectivity index (χ3n) is 2.99. The first-order valence-corrected chi connectivity index (χ1v) is 5.45. The van der Waals surface area contributed by atoms with E-state index in [9.17, 15) is 8.78 Å². The van der Waals surface area contributed by atoms with Crippen molar-refractivity contribution in [2.24, 2.45) is 0 Å². The number of nitrogens with zero attached hydrogens (tertiary/aromatic N) is 1. The Kier molecular flexibility index (Phi) is 2.40. The van der Waals surface area contributed by atoms with E-state index in [2.05, 4.69) is 15.3 Å². The minimum absolute atomic E-state index is 0.397.